The number of anilines is 1. The summed E-state index contributed by atoms with van der Waals surface area (Å²) < 4.78 is 9.61. The van der Waals surface area contributed by atoms with Crippen molar-refractivity contribution in [2.45, 2.75) is 0 Å². The number of nitrogens with zero attached hydrogens (tertiary/aromatic N) is 2. The molecule has 0 atom stereocenters. The standard InChI is InChI=1S/C6H8N2O.C6H7NO/c1-9-6-3-2-5(7)4-8-6;1-8-6-4-2-3-5-7-6/h2-4H,7H2,1H3;2-5H,1H3. The lowest BCUT2D eigenvalue weighted by Gasteiger charge is -1.95. The van der Waals surface area contributed by atoms with Gasteiger partial charge in [-0.05, 0) is 12.1 Å². The molecule has 2 aromatic heterocycles. The first-order chi connectivity index (χ1) is 8.26. The number of aromatic nitrogens is 2. The fourth-order valence-electron chi connectivity index (χ4n) is 0.980. The second kappa shape index (κ2) is 7.05. The third kappa shape index (κ3) is 4.83. The first-order valence-corrected chi connectivity index (χ1v) is 4.97. The zero-order valence-corrected chi connectivity index (χ0v) is 9.83. The molecular formula is C12H15N3O2. The van der Waals surface area contributed by atoms with Crippen molar-refractivity contribution in [2.75, 3.05) is 20.0 Å². The molecule has 2 rings (SSSR count). The average molecular weight is 233 g/mol. The molecule has 90 valence electrons. The van der Waals surface area contributed by atoms with Crippen molar-refractivity contribution >= 4 is 5.69 Å². The first kappa shape index (κ1) is 12.8. The van der Waals surface area contributed by atoms with E-state index >= 15 is 0 Å². The van der Waals surface area contributed by atoms with Gasteiger partial charge in [0, 0.05) is 18.3 Å². The van der Waals surface area contributed by atoms with Crippen molar-refractivity contribution in [3.05, 3.63) is 42.7 Å². The van der Waals surface area contributed by atoms with E-state index in [4.69, 9.17) is 15.2 Å². The number of methoxy groups -OCH3 is 2. The Morgan fingerprint density at radius 2 is 1.65 bits per heavy atom. The van der Waals surface area contributed by atoms with Gasteiger partial charge < -0.3 is 15.2 Å². The highest BCUT2D eigenvalue weighted by Crippen LogP contribution is 2.06. The fourth-order valence-corrected chi connectivity index (χ4v) is 0.980. The second-order valence-electron chi connectivity index (χ2n) is 3.01. The van der Waals surface area contributed by atoms with Gasteiger partial charge in [0.1, 0.15) is 0 Å². The summed E-state index contributed by atoms with van der Waals surface area (Å²) >= 11 is 0. The van der Waals surface area contributed by atoms with Crippen molar-refractivity contribution in [1.82, 2.24) is 9.97 Å². The molecule has 2 N–H and O–H groups in total. The Morgan fingerprint density at radius 3 is 2.06 bits per heavy atom. The van der Waals surface area contributed by atoms with Crippen LogP contribution in [0.5, 0.6) is 11.8 Å². The van der Waals surface area contributed by atoms with Crippen LogP contribution in [-0.2, 0) is 0 Å². The van der Waals surface area contributed by atoms with Gasteiger partial charge in [-0.15, -0.1) is 0 Å². The molecule has 5 nitrogen and oxygen atoms in total. The minimum Gasteiger partial charge on any atom is -0.481 e. The van der Waals surface area contributed by atoms with Crippen LogP contribution in [0.1, 0.15) is 0 Å². The molecule has 0 amide bonds. The molecule has 17 heavy (non-hydrogen) atoms. The number of pyridine rings is 2. The molecule has 0 aliphatic rings. The highest BCUT2D eigenvalue weighted by Gasteiger charge is 1.87. The van der Waals surface area contributed by atoms with Crippen molar-refractivity contribution in [2.24, 2.45) is 0 Å². The number of rotatable bonds is 2. The van der Waals surface area contributed by atoms with Gasteiger partial charge in [0.2, 0.25) is 11.8 Å². The van der Waals surface area contributed by atoms with Crippen molar-refractivity contribution < 1.29 is 9.47 Å². The van der Waals surface area contributed by atoms with E-state index in [0.29, 0.717) is 17.4 Å². The first-order valence-electron chi connectivity index (χ1n) is 4.97. The maximum atomic E-state index is 5.36. The summed E-state index contributed by atoms with van der Waals surface area (Å²) in [5, 5.41) is 0. The Bertz CT molecular complexity index is 418. The molecule has 5 heteroatoms. The van der Waals surface area contributed by atoms with Gasteiger partial charge in [0.25, 0.3) is 0 Å². The van der Waals surface area contributed by atoms with Crippen LogP contribution in [0.25, 0.3) is 0 Å². The zero-order valence-electron chi connectivity index (χ0n) is 9.83. The van der Waals surface area contributed by atoms with Crippen molar-refractivity contribution in [3.8, 4) is 11.8 Å². The average Bonchev–Trinajstić information content (AvgIpc) is 2.41. The monoisotopic (exact) mass is 233 g/mol. The van der Waals surface area contributed by atoms with Gasteiger partial charge in [0.15, 0.2) is 0 Å². The molecule has 2 heterocycles. The number of nitrogen functional groups attached to an aromatic ring is 1. The van der Waals surface area contributed by atoms with Gasteiger partial charge in [-0.25, -0.2) is 9.97 Å². The van der Waals surface area contributed by atoms with E-state index in [1.165, 1.54) is 0 Å². The summed E-state index contributed by atoms with van der Waals surface area (Å²) in [5.41, 5.74) is 6.01. The van der Waals surface area contributed by atoms with Gasteiger partial charge in [0.05, 0.1) is 26.1 Å². The van der Waals surface area contributed by atoms with Gasteiger partial charge >= 0.3 is 0 Å². The highest BCUT2D eigenvalue weighted by atomic mass is 16.5. The minimum absolute atomic E-state index is 0.587. The molecule has 0 saturated heterocycles. The van der Waals surface area contributed by atoms with Crippen LogP contribution in [0.15, 0.2) is 42.7 Å². The summed E-state index contributed by atoms with van der Waals surface area (Å²) in [6.07, 6.45) is 3.25. The Balaban J connectivity index is 0.000000171. The molecule has 0 spiro atoms. The fraction of sp³-hybridized carbons (Fsp3) is 0.167. The van der Waals surface area contributed by atoms with E-state index in [2.05, 4.69) is 9.97 Å². The molecule has 0 aromatic carbocycles. The van der Waals surface area contributed by atoms with Crippen LogP contribution in [0.4, 0.5) is 5.69 Å². The highest BCUT2D eigenvalue weighted by molar-refractivity contribution is 5.35. The Labute approximate surface area is 100 Å². The quantitative estimate of drug-likeness (QED) is 0.855. The van der Waals surface area contributed by atoms with E-state index in [9.17, 15) is 0 Å². The summed E-state index contributed by atoms with van der Waals surface area (Å²) in [6, 6.07) is 9.00. The summed E-state index contributed by atoms with van der Waals surface area (Å²) in [7, 11) is 3.17. The van der Waals surface area contributed by atoms with E-state index in [-0.39, 0.29) is 0 Å². The maximum absolute atomic E-state index is 5.36. The Hall–Kier alpha value is -2.30. The van der Waals surface area contributed by atoms with Gasteiger partial charge in [-0.1, -0.05) is 6.07 Å². The summed E-state index contributed by atoms with van der Waals surface area (Å²) in [4.78, 5) is 7.72. The zero-order chi connectivity index (χ0) is 12.5. The molecule has 0 aliphatic heterocycles. The summed E-state index contributed by atoms with van der Waals surface area (Å²) in [6.45, 7) is 0. The van der Waals surface area contributed by atoms with Crippen LogP contribution in [0, 0.1) is 0 Å². The molecule has 0 unspecified atom stereocenters. The number of hydrogen-bond donors (Lipinski definition) is 1. The Kier molecular flexibility index (Phi) is 5.30. The number of ether oxygens (including phenoxy) is 2. The molecule has 2 aromatic rings. The van der Waals surface area contributed by atoms with E-state index < -0.39 is 0 Å². The van der Waals surface area contributed by atoms with Crippen molar-refractivity contribution in [3.63, 3.8) is 0 Å². The van der Waals surface area contributed by atoms with Gasteiger partial charge in [-0.3, -0.25) is 0 Å². The topological polar surface area (TPSA) is 70.3 Å². The maximum Gasteiger partial charge on any atom is 0.213 e. The molecule has 0 radical (unpaired) electrons. The lowest BCUT2D eigenvalue weighted by Crippen LogP contribution is -1.89. The van der Waals surface area contributed by atoms with Crippen molar-refractivity contribution in [1.29, 1.82) is 0 Å². The third-order valence-electron chi connectivity index (χ3n) is 1.82. The van der Waals surface area contributed by atoms with E-state index in [1.807, 2.05) is 12.1 Å². The van der Waals surface area contributed by atoms with E-state index in [0.717, 1.165) is 0 Å². The summed E-state index contributed by atoms with van der Waals surface area (Å²) in [5.74, 6) is 1.25. The minimum atomic E-state index is 0.587. The molecular weight excluding hydrogens is 218 g/mol. The van der Waals surface area contributed by atoms with Crippen LogP contribution in [-0.4, -0.2) is 24.2 Å². The third-order valence-corrected chi connectivity index (χ3v) is 1.82. The van der Waals surface area contributed by atoms with Crippen LogP contribution in [0.3, 0.4) is 0 Å². The van der Waals surface area contributed by atoms with Crippen LogP contribution in [0.2, 0.25) is 0 Å². The van der Waals surface area contributed by atoms with Crippen LogP contribution < -0.4 is 15.2 Å². The van der Waals surface area contributed by atoms with Gasteiger partial charge in [-0.2, -0.15) is 0 Å². The smallest absolute Gasteiger partial charge is 0.213 e. The van der Waals surface area contributed by atoms with E-state index in [1.54, 1.807) is 44.8 Å². The lowest BCUT2D eigenvalue weighted by atomic mass is 10.4. The molecule has 0 saturated carbocycles. The largest absolute Gasteiger partial charge is 0.481 e. The predicted molar refractivity (Wildman–Crippen MR) is 66.0 cm³/mol. The number of hydrogen-bond acceptors (Lipinski definition) is 5. The predicted octanol–water partition coefficient (Wildman–Crippen LogP) is 1.76. The number of nitrogens with two attached hydrogens (primary N) is 1. The SMILES string of the molecule is COc1ccc(N)cn1.COc1ccccn1. The normalized spacial score (nSPS) is 8.82. The lowest BCUT2D eigenvalue weighted by molar-refractivity contribution is 0.398. The molecule has 0 aliphatic carbocycles. The Morgan fingerprint density at radius 1 is 0.941 bits per heavy atom. The second-order valence-corrected chi connectivity index (χ2v) is 3.01. The molecule has 0 bridgehead atoms. The molecule has 0 fully saturated rings. The van der Waals surface area contributed by atoms with Crippen LogP contribution >= 0.6 is 0 Å².